The predicted molar refractivity (Wildman–Crippen MR) is 88.6 cm³/mol. The van der Waals surface area contributed by atoms with Gasteiger partial charge < -0.3 is 10.6 Å². The number of amides is 2. The first kappa shape index (κ1) is 19.1. The van der Waals surface area contributed by atoms with Gasteiger partial charge in [-0.3, -0.25) is 9.59 Å². The van der Waals surface area contributed by atoms with Crippen LogP contribution in [0.4, 0.5) is 0 Å². The van der Waals surface area contributed by atoms with Crippen LogP contribution < -0.4 is 10.6 Å². The van der Waals surface area contributed by atoms with Gasteiger partial charge in [-0.15, -0.1) is 0 Å². The molecule has 0 aromatic heterocycles. The molecule has 124 valence electrons. The highest BCUT2D eigenvalue weighted by molar-refractivity contribution is 8.03. The number of carbonyl (C=O) groups excluding carboxylic acids is 2. The summed E-state index contributed by atoms with van der Waals surface area (Å²) in [5.74, 6) is -1.38. The minimum absolute atomic E-state index is 0.0953. The first-order valence-corrected chi connectivity index (χ1v) is 8.53. The van der Waals surface area contributed by atoms with Crippen molar-refractivity contribution in [2.24, 2.45) is 11.3 Å². The van der Waals surface area contributed by atoms with Crippen molar-refractivity contribution in [3.8, 4) is 12.1 Å². The van der Waals surface area contributed by atoms with Gasteiger partial charge in [-0.2, -0.15) is 10.5 Å². The van der Waals surface area contributed by atoms with Crippen LogP contribution in [0.25, 0.3) is 0 Å². The third-order valence-electron chi connectivity index (χ3n) is 3.81. The second-order valence-electron chi connectivity index (χ2n) is 6.13. The van der Waals surface area contributed by atoms with E-state index in [0.29, 0.717) is 10.6 Å². The van der Waals surface area contributed by atoms with Gasteiger partial charge in [0.15, 0.2) is 0 Å². The second-order valence-corrected chi connectivity index (χ2v) is 7.12. The predicted octanol–water partition coefficient (Wildman–Crippen LogP) is 2.06. The fourth-order valence-electron chi connectivity index (χ4n) is 2.49. The summed E-state index contributed by atoms with van der Waals surface area (Å²) in [4.78, 5) is 24.0. The molecule has 0 saturated carbocycles. The van der Waals surface area contributed by atoms with E-state index in [1.54, 1.807) is 13.8 Å². The number of nitriles is 2. The van der Waals surface area contributed by atoms with E-state index in [1.807, 2.05) is 19.9 Å². The van der Waals surface area contributed by atoms with Gasteiger partial charge in [0.2, 0.25) is 11.8 Å². The first-order valence-electron chi connectivity index (χ1n) is 7.55. The molecular weight excluding hydrogens is 312 g/mol. The van der Waals surface area contributed by atoms with Gasteiger partial charge in [-0.25, -0.2) is 0 Å². The molecule has 7 heteroatoms. The summed E-state index contributed by atoms with van der Waals surface area (Å²) in [7, 11) is 0. The Labute approximate surface area is 141 Å². The van der Waals surface area contributed by atoms with Gasteiger partial charge in [-0.05, 0) is 13.3 Å². The number of hydrogen-bond donors (Lipinski definition) is 2. The van der Waals surface area contributed by atoms with E-state index in [9.17, 15) is 14.9 Å². The van der Waals surface area contributed by atoms with Crippen molar-refractivity contribution in [1.29, 1.82) is 10.5 Å². The van der Waals surface area contributed by atoms with E-state index in [1.165, 1.54) is 0 Å². The van der Waals surface area contributed by atoms with Crippen molar-refractivity contribution in [3.05, 3.63) is 10.6 Å². The highest BCUT2D eigenvalue weighted by Gasteiger charge is 2.44. The van der Waals surface area contributed by atoms with E-state index in [4.69, 9.17) is 5.26 Å². The fraction of sp³-hybridized carbons (Fsp3) is 0.625. The van der Waals surface area contributed by atoms with Crippen LogP contribution in [-0.2, 0) is 9.59 Å². The third kappa shape index (κ3) is 4.49. The molecule has 0 spiro atoms. The maximum absolute atomic E-state index is 12.0. The number of hydrogen-bond acceptors (Lipinski definition) is 5. The highest BCUT2D eigenvalue weighted by Crippen LogP contribution is 2.41. The average molecular weight is 334 g/mol. The Kier molecular flexibility index (Phi) is 6.65. The maximum atomic E-state index is 12.0. The molecule has 6 nitrogen and oxygen atoms in total. The Morgan fingerprint density at radius 1 is 1.48 bits per heavy atom. The SMILES string of the molecule is CCC[C@@H](C)NC(=O)CSC1=C(C#N)C(C)(C)[C@@H](C#N)C(=O)N1. The van der Waals surface area contributed by atoms with Crippen LogP contribution in [0.5, 0.6) is 0 Å². The van der Waals surface area contributed by atoms with Crippen LogP contribution in [-0.4, -0.2) is 23.6 Å². The van der Waals surface area contributed by atoms with Crippen LogP contribution >= 0.6 is 11.8 Å². The smallest absolute Gasteiger partial charge is 0.243 e. The third-order valence-corrected chi connectivity index (χ3v) is 4.81. The molecule has 0 bridgehead atoms. The normalized spacial score (nSPS) is 21.0. The average Bonchev–Trinajstić information content (AvgIpc) is 2.44. The van der Waals surface area contributed by atoms with Crippen LogP contribution in [0, 0.1) is 34.0 Å². The van der Waals surface area contributed by atoms with E-state index in [0.717, 1.165) is 24.6 Å². The zero-order valence-electron chi connectivity index (χ0n) is 13.9. The lowest BCUT2D eigenvalue weighted by atomic mass is 9.72. The van der Waals surface area contributed by atoms with E-state index < -0.39 is 17.2 Å². The lowest BCUT2D eigenvalue weighted by Gasteiger charge is -2.34. The number of carbonyl (C=O) groups is 2. The van der Waals surface area contributed by atoms with Gasteiger partial charge in [-0.1, -0.05) is 39.0 Å². The standard InChI is InChI=1S/C16H22N4O2S/c1-5-6-10(2)19-13(21)9-23-15-12(8-18)16(3,4)11(7-17)14(22)20-15/h10-11H,5-6,9H2,1-4H3,(H,19,21)(H,20,22)/t10-,11+/m1/s1. The van der Waals surface area contributed by atoms with Crippen LogP contribution in [0.3, 0.4) is 0 Å². The van der Waals surface area contributed by atoms with E-state index in [2.05, 4.69) is 16.7 Å². The van der Waals surface area contributed by atoms with E-state index in [-0.39, 0.29) is 17.7 Å². The summed E-state index contributed by atoms with van der Waals surface area (Å²) in [5, 5.41) is 24.4. The first-order chi connectivity index (χ1) is 10.8. The summed E-state index contributed by atoms with van der Waals surface area (Å²) in [5.41, 5.74) is -0.539. The summed E-state index contributed by atoms with van der Waals surface area (Å²) in [6.07, 6.45) is 1.88. The van der Waals surface area contributed by atoms with Crippen molar-refractivity contribution >= 4 is 23.6 Å². The molecule has 0 aromatic rings. The van der Waals surface area contributed by atoms with Gasteiger partial charge in [0.1, 0.15) is 5.92 Å². The maximum Gasteiger partial charge on any atom is 0.243 e. The molecule has 2 amide bonds. The monoisotopic (exact) mass is 334 g/mol. The lowest BCUT2D eigenvalue weighted by molar-refractivity contribution is -0.125. The molecule has 0 aliphatic carbocycles. The Hall–Kier alpha value is -1.99. The number of thioether (sulfide) groups is 1. The Morgan fingerprint density at radius 2 is 2.13 bits per heavy atom. The molecule has 0 aromatic carbocycles. The van der Waals surface area contributed by atoms with Gasteiger partial charge >= 0.3 is 0 Å². The van der Waals surface area contributed by atoms with Gasteiger partial charge in [0.25, 0.3) is 0 Å². The minimum atomic E-state index is -0.917. The Morgan fingerprint density at radius 3 is 2.65 bits per heavy atom. The van der Waals surface area contributed by atoms with Crippen molar-refractivity contribution in [1.82, 2.24) is 10.6 Å². The highest BCUT2D eigenvalue weighted by atomic mass is 32.2. The minimum Gasteiger partial charge on any atom is -0.353 e. The quantitative estimate of drug-likeness (QED) is 0.773. The molecule has 1 aliphatic rings. The summed E-state index contributed by atoms with van der Waals surface area (Å²) >= 11 is 1.12. The summed E-state index contributed by atoms with van der Waals surface area (Å²) in [6, 6.07) is 4.12. The molecule has 0 radical (unpaired) electrons. The largest absolute Gasteiger partial charge is 0.353 e. The van der Waals surface area contributed by atoms with Gasteiger partial charge in [0, 0.05) is 11.5 Å². The van der Waals surface area contributed by atoms with Crippen molar-refractivity contribution < 1.29 is 9.59 Å². The zero-order chi connectivity index (χ0) is 17.6. The molecule has 23 heavy (non-hydrogen) atoms. The van der Waals surface area contributed by atoms with Crippen molar-refractivity contribution in [2.75, 3.05) is 5.75 Å². The molecule has 0 unspecified atom stereocenters. The fourth-order valence-corrected chi connectivity index (χ4v) is 3.48. The second kappa shape index (κ2) is 8.03. The summed E-state index contributed by atoms with van der Waals surface area (Å²) < 4.78 is 0. The molecular formula is C16H22N4O2S. The summed E-state index contributed by atoms with van der Waals surface area (Å²) in [6.45, 7) is 7.38. The number of rotatable bonds is 6. The number of allylic oxidation sites excluding steroid dienone is 1. The van der Waals surface area contributed by atoms with Crippen LogP contribution in [0.15, 0.2) is 10.6 Å². The molecule has 2 N–H and O–H groups in total. The Balaban J connectivity index is 2.84. The topological polar surface area (TPSA) is 106 Å². The van der Waals surface area contributed by atoms with Gasteiger partial charge in [0.05, 0.1) is 28.5 Å². The number of nitrogens with zero attached hydrogens (tertiary/aromatic N) is 2. The lowest BCUT2D eigenvalue weighted by Crippen LogP contribution is -2.44. The van der Waals surface area contributed by atoms with Crippen molar-refractivity contribution in [2.45, 2.75) is 46.6 Å². The molecule has 0 fully saturated rings. The molecule has 0 saturated heterocycles. The van der Waals surface area contributed by atoms with E-state index >= 15 is 0 Å². The molecule has 1 aliphatic heterocycles. The molecule has 1 rings (SSSR count). The molecule has 2 atom stereocenters. The molecule has 1 heterocycles. The number of nitrogens with one attached hydrogen (secondary N) is 2. The van der Waals surface area contributed by atoms with Crippen molar-refractivity contribution in [3.63, 3.8) is 0 Å². The van der Waals surface area contributed by atoms with Crippen LogP contribution in [0.2, 0.25) is 0 Å². The Bertz CT molecular complexity index is 598. The van der Waals surface area contributed by atoms with Crippen LogP contribution in [0.1, 0.15) is 40.5 Å². The zero-order valence-corrected chi connectivity index (χ0v) is 14.7.